The van der Waals surface area contributed by atoms with Crippen LogP contribution in [0.4, 0.5) is 22.7 Å². The summed E-state index contributed by atoms with van der Waals surface area (Å²) in [7, 11) is 0. The maximum atomic E-state index is 9.16. The molecule has 0 saturated heterocycles. The minimum absolute atomic E-state index is 0.0996. The van der Waals surface area contributed by atoms with Crippen LogP contribution in [0.2, 0.25) is 0 Å². The van der Waals surface area contributed by atoms with Gasteiger partial charge >= 0.3 is 0 Å². The minimum Gasteiger partial charge on any atom is -0.457 e. The molecule has 5 nitrogen and oxygen atoms in total. The molecule has 0 radical (unpaired) electrons. The summed E-state index contributed by atoms with van der Waals surface area (Å²) in [5.41, 5.74) is 13.4. The van der Waals surface area contributed by atoms with E-state index >= 15 is 0 Å². The lowest BCUT2D eigenvalue weighted by Gasteiger charge is -2.28. The highest BCUT2D eigenvalue weighted by molar-refractivity contribution is 6.09. The van der Waals surface area contributed by atoms with Gasteiger partial charge in [0.05, 0.1) is 39.3 Å². The van der Waals surface area contributed by atoms with E-state index in [1.807, 2.05) is 53.1 Å². The standard InChI is InChI=1S/C54H36N4O/c1-2-14-36(15-3-1)43-23-12-24-47-44-21-5-4-20-42(44)37-16-10-17-38(32-37)48-25-13-29-53(55-48)58-49-26-7-6-22-45(49)46-31-30-41(34-52(46)58)59-40-19-11-18-39(33-40)56-35-57(54(43)47)51-28-9-8-27-50(51)56/h1-34H,35H2/i6D,7D,22D,26D. The highest BCUT2D eigenvalue weighted by Crippen LogP contribution is 2.51. The Morgan fingerprint density at radius 3 is 2.08 bits per heavy atom. The molecule has 10 bridgehead atoms. The first-order chi connectivity index (χ1) is 30.9. The van der Waals surface area contributed by atoms with Crippen molar-refractivity contribution < 1.29 is 10.2 Å². The molecule has 0 atom stereocenters. The van der Waals surface area contributed by atoms with Crippen molar-refractivity contribution in [1.29, 1.82) is 0 Å². The minimum atomic E-state index is -0.302. The van der Waals surface area contributed by atoms with Crippen LogP contribution in [0.15, 0.2) is 206 Å². The van der Waals surface area contributed by atoms with Crippen molar-refractivity contribution in [3.63, 3.8) is 0 Å². The van der Waals surface area contributed by atoms with Crippen molar-refractivity contribution in [3.05, 3.63) is 206 Å². The van der Waals surface area contributed by atoms with Gasteiger partial charge in [-0.25, -0.2) is 4.98 Å². The zero-order chi connectivity index (χ0) is 42.3. The summed E-state index contributed by atoms with van der Waals surface area (Å²) in [5, 5.41) is 1.10. The van der Waals surface area contributed by atoms with Gasteiger partial charge in [-0.1, -0.05) is 133 Å². The number of aromatic nitrogens is 2. The average molecular weight is 761 g/mol. The molecule has 0 aliphatic carbocycles. The second kappa shape index (κ2) is 13.4. The molecule has 0 saturated carbocycles. The molecule has 0 amide bonds. The van der Waals surface area contributed by atoms with Crippen LogP contribution in [0.3, 0.4) is 0 Å². The molecular weight excluding hydrogens is 721 g/mol. The van der Waals surface area contributed by atoms with Gasteiger partial charge in [0.15, 0.2) is 0 Å². The fraction of sp³-hybridized carbons (Fsp3) is 0.0185. The van der Waals surface area contributed by atoms with Crippen LogP contribution in [0.1, 0.15) is 5.48 Å². The lowest BCUT2D eigenvalue weighted by atomic mass is 9.89. The van der Waals surface area contributed by atoms with Crippen LogP contribution in [-0.4, -0.2) is 16.2 Å². The van der Waals surface area contributed by atoms with Crippen molar-refractivity contribution in [1.82, 2.24) is 9.55 Å². The Kier molecular flexibility index (Phi) is 6.65. The number of benzene rings is 8. The Morgan fingerprint density at radius 2 is 1.17 bits per heavy atom. The number of hydrogen-bond donors (Lipinski definition) is 0. The fourth-order valence-electron chi connectivity index (χ4n) is 8.90. The second-order valence-corrected chi connectivity index (χ2v) is 14.9. The first kappa shape index (κ1) is 29.4. The Bertz CT molecular complexity index is 3490. The Morgan fingerprint density at radius 1 is 0.475 bits per heavy atom. The normalized spacial score (nSPS) is 13.7. The van der Waals surface area contributed by atoms with Gasteiger partial charge in [-0.3, -0.25) is 4.57 Å². The molecule has 12 rings (SSSR count). The summed E-state index contributed by atoms with van der Waals surface area (Å²) in [4.78, 5) is 10.00. The summed E-state index contributed by atoms with van der Waals surface area (Å²) in [6.45, 7) is 0.547. The molecule has 4 heterocycles. The van der Waals surface area contributed by atoms with Crippen LogP contribution < -0.4 is 14.5 Å². The maximum Gasteiger partial charge on any atom is 0.138 e. The number of anilines is 4. The summed E-state index contributed by atoms with van der Waals surface area (Å²) < 4.78 is 44.0. The molecular formula is C54H36N4O. The van der Waals surface area contributed by atoms with Crippen molar-refractivity contribution in [2.75, 3.05) is 16.5 Å². The first-order valence-corrected chi connectivity index (χ1v) is 19.7. The van der Waals surface area contributed by atoms with Crippen molar-refractivity contribution in [2.45, 2.75) is 0 Å². The number of nitrogens with zero attached hydrogens (tertiary/aromatic N) is 4. The molecule has 2 aromatic heterocycles. The van der Waals surface area contributed by atoms with Gasteiger partial charge in [0, 0.05) is 45.3 Å². The van der Waals surface area contributed by atoms with Crippen LogP contribution in [0.5, 0.6) is 11.5 Å². The van der Waals surface area contributed by atoms with E-state index in [4.69, 9.17) is 15.2 Å². The number of pyridine rings is 1. The topological polar surface area (TPSA) is 33.5 Å². The fourth-order valence-corrected chi connectivity index (χ4v) is 8.90. The number of hydrogen-bond acceptors (Lipinski definition) is 4. The number of rotatable bonds is 1. The number of para-hydroxylation sites is 4. The van der Waals surface area contributed by atoms with Gasteiger partial charge in [-0.15, -0.1) is 0 Å². The van der Waals surface area contributed by atoms with E-state index in [0.29, 0.717) is 45.8 Å². The lowest BCUT2D eigenvalue weighted by molar-refractivity contribution is 0.483. The van der Waals surface area contributed by atoms with Gasteiger partial charge in [0.1, 0.15) is 24.0 Å². The highest BCUT2D eigenvalue weighted by atomic mass is 16.5. The first-order valence-electron chi connectivity index (χ1n) is 21.7. The predicted molar refractivity (Wildman–Crippen MR) is 242 cm³/mol. The molecule has 0 fully saturated rings. The second-order valence-electron chi connectivity index (χ2n) is 14.9. The zero-order valence-corrected chi connectivity index (χ0v) is 31.7. The van der Waals surface area contributed by atoms with Crippen molar-refractivity contribution in [3.8, 4) is 62.0 Å². The summed E-state index contributed by atoms with van der Waals surface area (Å²) in [6, 6.07) is 61.6. The van der Waals surface area contributed by atoms with E-state index in [-0.39, 0.29) is 24.2 Å². The quantitative estimate of drug-likeness (QED) is 0.167. The predicted octanol–water partition coefficient (Wildman–Crippen LogP) is 14.2. The highest BCUT2D eigenvalue weighted by Gasteiger charge is 2.32. The Hall–Kier alpha value is -7.89. The van der Waals surface area contributed by atoms with Crippen molar-refractivity contribution >= 4 is 44.6 Å². The smallest absolute Gasteiger partial charge is 0.138 e. The molecule has 0 unspecified atom stereocenters. The zero-order valence-electron chi connectivity index (χ0n) is 35.7. The van der Waals surface area contributed by atoms with E-state index in [1.165, 1.54) is 0 Å². The molecule has 0 spiro atoms. The molecule has 5 heteroatoms. The largest absolute Gasteiger partial charge is 0.457 e. The van der Waals surface area contributed by atoms with Gasteiger partial charge in [0.2, 0.25) is 0 Å². The van der Waals surface area contributed by atoms with Gasteiger partial charge < -0.3 is 14.5 Å². The van der Waals surface area contributed by atoms with E-state index in [2.05, 4.69) is 143 Å². The maximum absolute atomic E-state index is 9.16. The molecule has 59 heavy (non-hydrogen) atoms. The molecule has 278 valence electrons. The van der Waals surface area contributed by atoms with E-state index < -0.39 is 0 Å². The van der Waals surface area contributed by atoms with E-state index in [9.17, 15) is 0 Å². The Labute approximate surface area is 347 Å². The van der Waals surface area contributed by atoms with Gasteiger partial charge in [-0.05, 0) is 82.9 Å². The Balaban J connectivity index is 1.15. The molecule has 2 aliphatic rings. The van der Waals surface area contributed by atoms with E-state index in [0.717, 1.165) is 67.4 Å². The van der Waals surface area contributed by atoms with Crippen LogP contribution >= 0.6 is 0 Å². The number of fused-ring (bicyclic) bond motifs is 23. The molecule has 10 aromatic rings. The van der Waals surface area contributed by atoms with Crippen LogP contribution in [0, 0.1) is 0 Å². The van der Waals surface area contributed by atoms with E-state index in [1.54, 1.807) is 0 Å². The van der Waals surface area contributed by atoms with Crippen molar-refractivity contribution in [2.24, 2.45) is 0 Å². The van der Waals surface area contributed by atoms with Gasteiger partial charge in [-0.2, -0.15) is 0 Å². The summed E-state index contributed by atoms with van der Waals surface area (Å²) in [6.07, 6.45) is 0. The molecule has 0 N–H and O–H groups in total. The third-order valence-electron chi connectivity index (χ3n) is 11.5. The summed E-state index contributed by atoms with van der Waals surface area (Å²) >= 11 is 0. The molecule has 8 aromatic carbocycles. The monoisotopic (exact) mass is 760 g/mol. The molecule has 2 aliphatic heterocycles. The van der Waals surface area contributed by atoms with Crippen LogP contribution in [-0.2, 0) is 0 Å². The van der Waals surface area contributed by atoms with Crippen LogP contribution in [0.25, 0.3) is 72.3 Å². The average Bonchev–Trinajstić information content (AvgIpc) is 3.89. The lowest BCUT2D eigenvalue weighted by Crippen LogP contribution is -2.25. The third-order valence-corrected chi connectivity index (χ3v) is 11.5. The summed E-state index contributed by atoms with van der Waals surface area (Å²) in [5.74, 6) is 1.71. The SMILES string of the molecule is [2H]c1c([2H])c([2H])c2c(c1[2H])c1ccc3cc1n2-c1cccc(n1)-c1cccc(c1)-c1ccccc1-c1cccc(-c2ccccc2)c1N1CN(c2cccc(c2)O3)c2ccccc21. The van der Waals surface area contributed by atoms with Gasteiger partial charge in [0.25, 0.3) is 0 Å². The third kappa shape index (κ3) is 5.43. The number of ether oxygens (including phenoxy) is 1.